The lowest BCUT2D eigenvalue weighted by Gasteiger charge is -2.24. The van der Waals surface area contributed by atoms with Crippen molar-refractivity contribution in [3.05, 3.63) is 65.0 Å². The Morgan fingerprint density at radius 2 is 1.69 bits per heavy atom. The van der Waals surface area contributed by atoms with Gasteiger partial charge in [-0.05, 0) is 42.0 Å². The molecule has 0 spiro atoms. The lowest BCUT2D eigenvalue weighted by Crippen LogP contribution is -2.39. The molecule has 1 aromatic heterocycles. The molecule has 0 fully saturated rings. The van der Waals surface area contributed by atoms with E-state index >= 15 is 0 Å². The highest BCUT2D eigenvalue weighted by molar-refractivity contribution is 7.86. The number of rotatable bonds is 8. The number of nitrogens with zero attached hydrogens (tertiary/aromatic N) is 4. The van der Waals surface area contributed by atoms with Crippen LogP contribution in [0, 0.1) is 0 Å². The Balaban J connectivity index is 1.83. The topological polar surface area (TPSA) is 88.8 Å². The van der Waals surface area contributed by atoms with Crippen molar-refractivity contribution in [1.29, 1.82) is 0 Å². The van der Waals surface area contributed by atoms with Gasteiger partial charge >= 0.3 is 0 Å². The van der Waals surface area contributed by atoms with Crippen molar-refractivity contribution in [2.45, 2.75) is 13.1 Å². The molecule has 29 heavy (non-hydrogen) atoms. The van der Waals surface area contributed by atoms with E-state index in [1.54, 1.807) is 55.6 Å². The zero-order valence-corrected chi connectivity index (χ0v) is 17.8. The molecule has 0 aliphatic carbocycles. The van der Waals surface area contributed by atoms with E-state index < -0.39 is 10.2 Å². The second kappa shape index (κ2) is 8.91. The van der Waals surface area contributed by atoms with Crippen molar-refractivity contribution in [2.24, 2.45) is 0 Å². The van der Waals surface area contributed by atoms with Gasteiger partial charge in [0.25, 0.3) is 10.2 Å². The SMILES string of the molecule is COc1ccc(-c2noc(CN(Cc3ccc(Cl)cc3)S(=O)(=O)N(C)C)n2)cc1. The van der Waals surface area contributed by atoms with Crippen molar-refractivity contribution >= 4 is 21.8 Å². The van der Waals surface area contributed by atoms with Crippen molar-refractivity contribution < 1.29 is 17.7 Å². The summed E-state index contributed by atoms with van der Waals surface area (Å²) >= 11 is 5.92. The third-order valence-corrected chi connectivity index (χ3v) is 6.27. The third-order valence-electron chi connectivity index (χ3n) is 4.19. The molecule has 0 saturated heterocycles. The summed E-state index contributed by atoms with van der Waals surface area (Å²) < 4.78 is 38.4. The number of benzene rings is 2. The number of hydrogen-bond donors (Lipinski definition) is 0. The Hall–Kier alpha value is -2.46. The Morgan fingerprint density at radius 1 is 1.03 bits per heavy atom. The van der Waals surface area contributed by atoms with E-state index in [2.05, 4.69) is 10.1 Å². The maximum atomic E-state index is 12.8. The van der Waals surface area contributed by atoms with E-state index in [1.165, 1.54) is 18.4 Å². The van der Waals surface area contributed by atoms with E-state index in [-0.39, 0.29) is 19.0 Å². The van der Waals surface area contributed by atoms with Crippen molar-refractivity contribution in [3.8, 4) is 17.1 Å². The molecule has 154 valence electrons. The summed E-state index contributed by atoms with van der Waals surface area (Å²) in [6.45, 7) is 0.0736. The number of methoxy groups -OCH3 is 1. The molecule has 2 aromatic carbocycles. The van der Waals surface area contributed by atoms with Gasteiger partial charge in [-0.2, -0.15) is 22.0 Å². The van der Waals surface area contributed by atoms with Gasteiger partial charge in [0.15, 0.2) is 0 Å². The normalized spacial score (nSPS) is 11.9. The fourth-order valence-corrected chi connectivity index (χ4v) is 3.74. The van der Waals surface area contributed by atoms with Crippen molar-refractivity contribution in [1.82, 2.24) is 18.8 Å². The van der Waals surface area contributed by atoms with Gasteiger partial charge < -0.3 is 9.26 Å². The summed E-state index contributed by atoms with van der Waals surface area (Å²) in [6, 6.07) is 14.2. The van der Waals surface area contributed by atoms with Crippen LogP contribution in [0.3, 0.4) is 0 Å². The van der Waals surface area contributed by atoms with Gasteiger partial charge in [-0.15, -0.1) is 0 Å². The zero-order chi connectivity index (χ0) is 21.0. The minimum absolute atomic E-state index is 0.0632. The predicted octanol–water partition coefficient (Wildman–Crippen LogP) is 3.21. The molecule has 0 aliphatic heterocycles. The summed E-state index contributed by atoms with van der Waals surface area (Å²) in [4.78, 5) is 4.34. The summed E-state index contributed by atoms with van der Waals surface area (Å²) in [5.74, 6) is 1.27. The standard InChI is InChI=1S/C19H21ClN4O4S/c1-23(2)29(25,26)24(12-14-4-8-16(20)9-5-14)13-18-21-19(22-28-18)15-6-10-17(27-3)11-7-15/h4-11H,12-13H2,1-3H3. The second-order valence-electron chi connectivity index (χ2n) is 6.42. The van der Waals surface area contributed by atoms with Crippen LogP contribution in [-0.4, -0.2) is 48.4 Å². The minimum Gasteiger partial charge on any atom is -0.497 e. The van der Waals surface area contributed by atoms with E-state index in [4.69, 9.17) is 20.9 Å². The highest BCUT2D eigenvalue weighted by Crippen LogP contribution is 2.22. The number of aromatic nitrogens is 2. The largest absolute Gasteiger partial charge is 0.497 e. The number of hydrogen-bond acceptors (Lipinski definition) is 6. The lowest BCUT2D eigenvalue weighted by atomic mass is 10.2. The summed E-state index contributed by atoms with van der Waals surface area (Å²) in [5.41, 5.74) is 1.52. The van der Waals surface area contributed by atoms with Gasteiger partial charge in [0, 0.05) is 31.2 Å². The van der Waals surface area contributed by atoms with Crippen molar-refractivity contribution in [3.63, 3.8) is 0 Å². The van der Waals surface area contributed by atoms with E-state index in [0.717, 1.165) is 15.4 Å². The molecule has 0 radical (unpaired) electrons. The molecule has 0 bridgehead atoms. The van der Waals surface area contributed by atoms with E-state index in [0.29, 0.717) is 16.6 Å². The average molecular weight is 437 g/mol. The van der Waals surface area contributed by atoms with Crippen LogP contribution >= 0.6 is 11.6 Å². The number of halogens is 1. The lowest BCUT2D eigenvalue weighted by molar-refractivity contribution is 0.300. The van der Waals surface area contributed by atoms with Gasteiger partial charge in [-0.1, -0.05) is 28.9 Å². The van der Waals surface area contributed by atoms with Crippen LogP contribution < -0.4 is 4.74 Å². The highest BCUT2D eigenvalue weighted by atomic mass is 35.5. The fraction of sp³-hybridized carbons (Fsp3) is 0.263. The van der Waals surface area contributed by atoms with Crippen molar-refractivity contribution in [2.75, 3.05) is 21.2 Å². The monoisotopic (exact) mass is 436 g/mol. The van der Waals surface area contributed by atoms with Gasteiger partial charge in [0.05, 0.1) is 13.7 Å². The molecule has 0 amide bonds. The maximum absolute atomic E-state index is 12.8. The Kier molecular flexibility index (Phi) is 6.53. The van der Waals surface area contributed by atoms with Crippen LogP contribution in [0.1, 0.15) is 11.5 Å². The van der Waals surface area contributed by atoms with Gasteiger partial charge in [0.2, 0.25) is 11.7 Å². The molecule has 3 rings (SSSR count). The molecule has 0 saturated carbocycles. The Morgan fingerprint density at radius 3 is 2.28 bits per heavy atom. The molecule has 0 atom stereocenters. The molecule has 10 heteroatoms. The fourth-order valence-electron chi connectivity index (χ4n) is 2.57. The Bertz CT molecular complexity index is 1050. The summed E-state index contributed by atoms with van der Waals surface area (Å²) in [7, 11) is 0.811. The first-order valence-electron chi connectivity index (χ1n) is 8.68. The maximum Gasteiger partial charge on any atom is 0.282 e. The van der Waals surface area contributed by atoms with Crippen LogP contribution in [-0.2, 0) is 23.3 Å². The minimum atomic E-state index is -3.72. The summed E-state index contributed by atoms with van der Waals surface area (Å²) in [5, 5.41) is 4.54. The summed E-state index contributed by atoms with van der Waals surface area (Å²) in [6.07, 6.45) is 0. The molecule has 1 heterocycles. The average Bonchev–Trinajstić information content (AvgIpc) is 3.17. The first kappa shape index (κ1) is 21.3. The highest BCUT2D eigenvalue weighted by Gasteiger charge is 2.27. The van der Waals surface area contributed by atoms with Crippen LogP contribution in [0.4, 0.5) is 0 Å². The van der Waals surface area contributed by atoms with Gasteiger partial charge in [-0.3, -0.25) is 0 Å². The molecule has 0 N–H and O–H groups in total. The van der Waals surface area contributed by atoms with Gasteiger partial charge in [0.1, 0.15) is 5.75 Å². The van der Waals surface area contributed by atoms with Crippen LogP contribution in [0.15, 0.2) is 53.1 Å². The van der Waals surface area contributed by atoms with Gasteiger partial charge in [-0.25, -0.2) is 0 Å². The van der Waals surface area contributed by atoms with E-state index in [1.807, 2.05) is 0 Å². The smallest absolute Gasteiger partial charge is 0.282 e. The quantitative estimate of drug-likeness (QED) is 0.538. The third kappa shape index (κ3) is 5.13. The second-order valence-corrected chi connectivity index (χ2v) is 9.00. The number of ether oxygens (including phenoxy) is 1. The van der Waals surface area contributed by atoms with Crippen LogP contribution in [0.5, 0.6) is 5.75 Å². The molecule has 8 nitrogen and oxygen atoms in total. The molecule has 3 aromatic rings. The first-order valence-corrected chi connectivity index (χ1v) is 10.5. The zero-order valence-electron chi connectivity index (χ0n) is 16.2. The Labute approximate surface area is 174 Å². The first-order chi connectivity index (χ1) is 13.8. The molecular weight excluding hydrogens is 416 g/mol. The molecular formula is C19H21ClN4O4S. The van der Waals surface area contributed by atoms with E-state index in [9.17, 15) is 8.42 Å². The molecule has 0 unspecified atom stereocenters. The molecule has 0 aliphatic rings. The predicted molar refractivity (Wildman–Crippen MR) is 110 cm³/mol. The van der Waals surface area contributed by atoms with Crippen LogP contribution in [0.25, 0.3) is 11.4 Å². The van der Waals surface area contributed by atoms with Crippen LogP contribution in [0.2, 0.25) is 5.02 Å².